The van der Waals surface area contributed by atoms with E-state index in [0.717, 1.165) is 12.3 Å². The van der Waals surface area contributed by atoms with Crippen LogP contribution in [0.5, 0.6) is 5.75 Å². The number of ether oxygens (including phenoxy) is 1. The number of hydrogen-bond acceptors (Lipinski definition) is 4. The van der Waals surface area contributed by atoms with Crippen LogP contribution in [0.15, 0.2) is 59.4 Å². The highest BCUT2D eigenvalue weighted by molar-refractivity contribution is 7.94. The van der Waals surface area contributed by atoms with Gasteiger partial charge in [0.05, 0.1) is 12.0 Å². The Morgan fingerprint density at radius 2 is 2.11 bits per heavy atom. The van der Waals surface area contributed by atoms with Crippen molar-refractivity contribution in [2.45, 2.75) is 0 Å². The number of methoxy groups -OCH3 is 1. The maximum absolute atomic E-state index is 12.2. The van der Waals surface area contributed by atoms with Crippen LogP contribution < -0.4 is 10.3 Å². The van der Waals surface area contributed by atoms with E-state index in [9.17, 15) is 13.2 Å². The second-order valence-electron chi connectivity index (χ2n) is 3.19. The molecule has 96 valence electrons. The summed E-state index contributed by atoms with van der Waals surface area (Å²) >= 11 is 0. The molecule has 1 aromatic heterocycles. The van der Waals surface area contributed by atoms with Crippen molar-refractivity contribution >= 4 is 10.0 Å². The predicted molar refractivity (Wildman–Crippen MR) is 70.0 cm³/mol. The Morgan fingerprint density at radius 1 is 1.44 bits per heavy atom. The van der Waals surface area contributed by atoms with Crippen LogP contribution in [0.1, 0.15) is 0 Å². The average molecular weight is 267 g/mol. The van der Waals surface area contributed by atoms with Crippen LogP contribution in [-0.4, -0.2) is 19.5 Å². The molecule has 0 fully saturated rings. The van der Waals surface area contributed by atoms with E-state index in [0.29, 0.717) is 3.97 Å². The van der Waals surface area contributed by atoms with Gasteiger partial charge in [0.25, 0.3) is 10.0 Å². The molecule has 0 amide bonds. The molecule has 0 aliphatic rings. The lowest BCUT2D eigenvalue weighted by Crippen LogP contribution is -2.28. The number of allylic oxidation sites excluding steroid dienone is 3. The lowest BCUT2D eigenvalue weighted by molar-refractivity contribution is 0.407. The van der Waals surface area contributed by atoms with E-state index in [4.69, 9.17) is 4.74 Å². The normalized spacial score (nSPS) is 11.9. The second-order valence-corrected chi connectivity index (χ2v) is 5.01. The van der Waals surface area contributed by atoms with Gasteiger partial charge in [-0.25, -0.2) is 12.4 Å². The number of nitrogens with zero attached hydrogens (tertiary/aromatic N) is 1. The van der Waals surface area contributed by atoms with Crippen molar-refractivity contribution in [1.82, 2.24) is 3.97 Å². The van der Waals surface area contributed by atoms with Gasteiger partial charge >= 0.3 is 5.56 Å². The predicted octanol–water partition coefficient (Wildman–Crippen LogP) is 1.29. The first kappa shape index (κ1) is 14.0. The van der Waals surface area contributed by atoms with Crippen LogP contribution in [0.3, 0.4) is 0 Å². The Labute approximate surface area is 105 Å². The highest BCUT2D eigenvalue weighted by Gasteiger charge is 2.19. The SMILES string of the molecule is C=C/C=C(\C=C)S(=O)(=O)n1cccc(OC)c1=O. The summed E-state index contributed by atoms with van der Waals surface area (Å²) in [6, 6.07) is 2.80. The Kier molecular flexibility index (Phi) is 4.28. The van der Waals surface area contributed by atoms with Gasteiger partial charge in [0.1, 0.15) is 0 Å². The molecule has 5 nitrogen and oxygen atoms in total. The largest absolute Gasteiger partial charge is 0.491 e. The smallest absolute Gasteiger partial charge is 0.306 e. The molecule has 0 unspecified atom stereocenters. The standard InChI is InChI=1S/C12H13NO4S/c1-4-7-10(5-2)18(15,16)13-9-6-8-11(17-3)12(13)14/h4-9H,1-2H2,3H3/b10-7+. The highest BCUT2D eigenvalue weighted by atomic mass is 32.2. The quantitative estimate of drug-likeness (QED) is 0.754. The summed E-state index contributed by atoms with van der Waals surface area (Å²) in [5, 5.41) is 0. The van der Waals surface area contributed by atoms with E-state index in [2.05, 4.69) is 13.2 Å². The average Bonchev–Trinajstić information content (AvgIpc) is 2.35. The van der Waals surface area contributed by atoms with Crippen LogP contribution in [0.4, 0.5) is 0 Å². The van der Waals surface area contributed by atoms with Gasteiger partial charge in [0.2, 0.25) is 0 Å². The van der Waals surface area contributed by atoms with Crippen molar-refractivity contribution in [3.8, 4) is 5.75 Å². The molecule has 1 heterocycles. The molecular weight excluding hydrogens is 254 g/mol. The first-order valence-corrected chi connectivity index (χ1v) is 6.39. The highest BCUT2D eigenvalue weighted by Crippen LogP contribution is 2.12. The molecule has 18 heavy (non-hydrogen) atoms. The topological polar surface area (TPSA) is 65.4 Å². The monoisotopic (exact) mass is 267 g/mol. The molecule has 0 bridgehead atoms. The van der Waals surface area contributed by atoms with E-state index in [1.807, 2.05) is 0 Å². The third-order valence-electron chi connectivity index (χ3n) is 2.14. The van der Waals surface area contributed by atoms with Gasteiger partial charge < -0.3 is 4.74 Å². The molecule has 1 aromatic rings. The maximum atomic E-state index is 12.2. The van der Waals surface area contributed by atoms with Gasteiger partial charge in [-0.15, -0.1) is 0 Å². The Morgan fingerprint density at radius 3 is 2.61 bits per heavy atom. The molecule has 1 rings (SSSR count). The number of rotatable bonds is 5. The molecular formula is C12H13NO4S. The lowest BCUT2D eigenvalue weighted by Gasteiger charge is -2.08. The van der Waals surface area contributed by atoms with Gasteiger partial charge in [0.15, 0.2) is 5.75 Å². The lowest BCUT2D eigenvalue weighted by atomic mass is 10.5. The number of hydrogen-bond donors (Lipinski definition) is 0. The van der Waals surface area contributed by atoms with Gasteiger partial charge in [-0.2, -0.15) is 0 Å². The second kappa shape index (κ2) is 5.50. The van der Waals surface area contributed by atoms with Crippen LogP contribution in [0.2, 0.25) is 0 Å². The fraction of sp³-hybridized carbons (Fsp3) is 0.0833. The Hall–Kier alpha value is -2.08. The summed E-state index contributed by atoms with van der Waals surface area (Å²) in [7, 11) is -2.69. The van der Waals surface area contributed by atoms with Gasteiger partial charge in [-0.1, -0.05) is 19.2 Å². The summed E-state index contributed by atoms with van der Waals surface area (Å²) in [6.07, 6.45) is 4.86. The zero-order chi connectivity index (χ0) is 13.8. The zero-order valence-corrected chi connectivity index (χ0v) is 10.7. The van der Waals surface area contributed by atoms with Crippen molar-refractivity contribution in [2.24, 2.45) is 0 Å². The van der Waals surface area contributed by atoms with Crippen molar-refractivity contribution in [1.29, 1.82) is 0 Å². The molecule has 0 saturated heterocycles. The third-order valence-corrected chi connectivity index (χ3v) is 3.84. The minimum Gasteiger partial charge on any atom is -0.491 e. The molecule has 0 atom stereocenters. The van der Waals surface area contributed by atoms with E-state index in [-0.39, 0.29) is 10.7 Å². The van der Waals surface area contributed by atoms with E-state index < -0.39 is 15.6 Å². The summed E-state index contributed by atoms with van der Waals surface area (Å²) in [6.45, 7) is 6.81. The summed E-state index contributed by atoms with van der Waals surface area (Å²) in [5.41, 5.74) is -0.753. The fourth-order valence-electron chi connectivity index (χ4n) is 1.29. The molecule has 0 aliphatic carbocycles. The number of aromatic nitrogens is 1. The first-order chi connectivity index (χ1) is 8.48. The van der Waals surface area contributed by atoms with Crippen molar-refractivity contribution in [3.63, 3.8) is 0 Å². The molecule has 0 saturated carbocycles. The van der Waals surface area contributed by atoms with Crippen molar-refractivity contribution in [3.05, 3.63) is 65.0 Å². The minimum atomic E-state index is -3.98. The minimum absolute atomic E-state index is 0.0527. The molecule has 0 aliphatic heterocycles. The first-order valence-electron chi connectivity index (χ1n) is 4.95. The summed E-state index contributed by atoms with van der Waals surface area (Å²) < 4.78 is 29.7. The molecule has 0 N–H and O–H groups in total. The molecule has 0 spiro atoms. The fourth-order valence-corrected chi connectivity index (χ4v) is 2.53. The van der Waals surface area contributed by atoms with Gasteiger partial charge in [0, 0.05) is 6.20 Å². The van der Waals surface area contributed by atoms with Crippen LogP contribution >= 0.6 is 0 Å². The number of pyridine rings is 1. The van der Waals surface area contributed by atoms with Crippen molar-refractivity contribution in [2.75, 3.05) is 7.11 Å². The molecule has 0 radical (unpaired) electrons. The Bertz CT molecular complexity index is 653. The molecule has 0 aromatic carbocycles. The van der Waals surface area contributed by atoms with Gasteiger partial charge in [-0.3, -0.25) is 4.79 Å². The Balaban J connectivity index is 3.56. The van der Waals surface area contributed by atoms with E-state index in [1.54, 1.807) is 0 Å². The van der Waals surface area contributed by atoms with Crippen LogP contribution in [-0.2, 0) is 10.0 Å². The molecule has 6 heteroatoms. The van der Waals surface area contributed by atoms with Crippen molar-refractivity contribution < 1.29 is 13.2 Å². The van der Waals surface area contributed by atoms with E-state index >= 15 is 0 Å². The van der Waals surface area contributed by atoms with E-state index in [1.165, 1.54) is 31.4 Å². The van der Waals surface area contributed by atoms with Crippen LogP contribution in [0.25, 0.3) is 0 Å². The van der Waals surface area contributed by atoms with Gasteiger partial charge in [-0.05, 0) is 24.3 Å². The maximum Gasteiger partial charge on any atom is 0.306 e. The summed E-state index contributed by atoms with van der Waals surface area (Å²) in [5.74, 6) is -0.0527. The zero-order valence-electron chi connectivity index (χ0n) is 9.87. The summed E-state index contributed by atoms with van der Waals surface area (Å²) in [4.78, 5) is 11.7. The third kappa shape index (κ3) is 2.43. The van der Waals surface area contributed by atoms with Crippen LogP contribution in [0, 0.1) is 0 Å².